The molecule has 0 aromatic heterocycles. The van der Waals surface area contributed by atoms with E-state index in [2.05, 4.69) is 13.2 Å². The summed E-state index contributed by atoms with van der Waals surface area (Å²) in [5.74, 6) is 0. The van der Waals surface area contributed by atoms with Crippen LogP contribution in [0.4, 0.5) is 9.59 Å². The molecule has 1 rings (SSSR count). The predicted molar refractivity (Wildman–Crippen MR) is 53.9 cm³/mol. The maximum atomic E-state index is 8.56. The van der Waals surface area contributed by atoms with Gasteiger partial charge in [0, 0.05) is 0 Å². The fourth-order valence-corrected chi connectivity index (χ4v) is 0.440. The number of hydrogen-bond acceptors (Lipinski definition) is 4. The Balaban J connectivity index is -0.000000152. The van der Waals surface area contributed by atoms with Gasteiger partial charge in [0.1, 0.15) is 6.79 Å². The fraction of sp³-hybridized carbons (Fsp3) is 0.500. The van der Waals surface area contributed by atoms with E-state index in [4.69, 9.17) is 39.5 Å². The molecule has 0 bridgehead atoms. The van der Waals surface area contributed by atoms with Crippen molar-refractivity contribution in [3.8, 4) is 0 Å². The first-order chi connectivity index (χ1) is 7.46. The van der Waals surface area contributed by atoms with Crippen molar-refractivity contribution in [3.05, 3.63) is 13.2 Å². The molecule has 0 atom stereocenters. The molecule has 0 unspecified atom stereocenters. The lowest BCUT2D eigenvalue weighted by Crippen LogP contribution is -2.11. The van der Waals surface area contributed by atoms with Gasteiger partial charge in [-0.2, -0.15) is 0 Å². The van der Waals surface area contributed by atoms with Crippen LogP contribution >= 0.6 is 0 Å². The molecule has 16 heavy (non-hydrogen) atoms. The van der Waals surface area contributed by atoms with Crippen LogP contribution in [0, 0.1) is 0 Å². The molecule has 0 aliphatic carbocycles. The predicted octanol–water partition coefficient (Wildman–Crippen LogP) is 1.63. The Bertz CT molecular complexity index is 134. The van der Waals surface area contributed by atoms with Crippen molar-refractivity contribution in [2.45, 2.75) is 6.42 Å². The second-order valence-electron chi connectivity index (χ2n) is 1.85. The number of hydrogen-bond donors (Lipinski definition) is 4. The largest absolute Gasteiger partial charge is 0.503 e. The maximum Gasteiger partial charge on any atom is 0.503 e. The average Bonchev–Trinajstić information content (AvgIpc) is 2.22. The van der Waals surface area contributed by atoms with Crippen LogP contribution in [-0.2, 0) is 9.47 Å². The third kappa shape index (κ3) is 86.8. The van der Waals surface area contributed by atoms with E-state index in [-0.39, 0.29) is 0 Å². The molecular weight excluding hydrogens is 224 g/mol. The summed E-state index contributed by atoms with van der Waals surface area (Å²) in [7, 11) is 0. The molecular formula is C8H16O8. The molecule has 1 aliphatic heterocycles. The van der Waals surface area contributed by atoms with Crippen LogP contribution in [0.2, 0.25) is 0 Å². The molecule has 96 valence electrons. The van der Waals surface area contributed by atoms with E-state index in [0.717, 1.165) is 19.6 Å². The van der Waals surface area contributed by atoms with Crippen molar-refractivity contribution in [2.24, 2.45) is 0 Å². The van der Waals surface area contributed by atoms with Crippen molar-refractivity contribution in [1.29, 1.82) is 0 Å². The van der Waals surface area contributed by atoms with E-state index in [0.29, 0.717) is 6.79 Å². The summed E-state index contributed by atoms with van der Waals surface area (Å²) in [6.07, 6.45) is -2.61. The van der Waals surface area contributed by atoms with E-state index in [1.807, 2.05) is 0 Å². The summed E-state index contributed by atoms with van der Waals surface area (Å²) < 4.78 is 9.69. The van der Waals surface area contributed by atoms with E-state index in [9.17, 15) is 0 Å². The lowest BCUT2D eigenvalue weighted by Gasteiger charge is -2.09. The van der Waals surface area contributed by atoms with Crippen LogP contribution in [0.25, 0.3) is 0 Å². The van der Waals surface area contributed by atoms with Crippen LogP contribution in [0.15, 0.2) is 13.2 Å². The Morgan fingerprint density at radius 3 is 1.19 bits per heavy atom. The maximum absolute atomic E-state index is 8.56. The van der Waals surface area contributed by atoms with Crippen molar-refractivity contribution < 1.29 is 39.5 Å². The Hall–Kier alpha value is -1.80. The third-order valence-corrected chi connectivity index (χ3v) is 0.744. The number of rotatable bonds is 0. The quantitative estimate of drug-likeness (QED) is 0.469. The van der Waals surface area contributed by atoms with Crippen molar-refractivity contribution in [1.82, 2.24) is 0 Å². The van der Waals surface area contributed by atoms with E-state index in [1.165, 1.54) is 0 Å². The van der Waals surface area contributed by atoms with Gasteiger partial charge in [0.15, 0.2) is 0 Å². The highest BCUT2D eigenvalue weighted by molar-refractivity contribution is 5.53. The highest BCUT2D eigenvalue weighted by Crippen LogP contribution is 1.91. The van der Waals surface area contributed by atoms with Gasteiger partial charge in [-0.1, -0.05) is 0 Å². The van der Waals surface area contributed by atoms with Gasteiger partial charge >= 0.3 is 12.3 Å². The molecule has 0 saturated carbocycles. The molecule has 1 heterocycles. The molecule has 1 aliphatic rings. The normalized spacial score (nSPS) is 12.2. The van der Waals surface area contributed by atoms with Crippen molar-refractivity contribution >= 4 is 12.3 Å². The molecule has 0 spiro atoms. The van der Waals surface area contributed by atoms with Gasteiger partial charge in [-0.15, -0.1) is 13.2 Å². The van der Waals surface area contributed by atoms with Gasteiger partial charge in [-0.3, -0.25) is 0 Å². The number of carbonyl (C=O) groups is 2. The zero-order valence-corrected chi connectivity index (χ0v) is 8.66. The summed E-state index contributed by atoms with van der Waals surface area (Å²) >= 11 is 0. The molecule has 1 saturated heterocycles. The van der Waals surface area contributed by atoms with Crippen molar-refractivity contribution in [3.63, 3.8) is 0 Å². The summed E-state index contributed by atoms with van der Waals surface area (Å²) in [5.41, 5.74) is 0. The molecule has 0 aromatic rings. The minimum Gasteiger partial charge on any atom is -0.450 e. The first-order valence-electron chi connectivity index (χ1n) is 3.96. The van der Waals surface area contributed by atoms with E-state index in [1.54, 1.807) is 0 Å². The Morgan fingerprint density at radius 2 is 1.12 bits per heavy atom. The molecule has 1 fully saturated rings. The number of ether oxygens (including phenoxy) is 2. The van der Waals surface area contributed by atoms with Crippen LogP contribution in [0.1, 0.15) is 6.42 Å². The topological polar surface area (TPSA) is 134 Å². The minimum absolute atomic E-state index is 0.500. The first-order valence-corrected chi connectivity index (χ1v) is 3.96. The monoisotopic (exact) mass is 240 g/mol. The Kier molecular flexibility index (Phi) is 23.3. The average molecular weight is 240 g/mol. The highest BCUT2D eigenvalue weighted by Gasteiger charge is 1.94. The molecule has 0 amide bonds. The van der Waals surface area contributed by atoms with Gasteiger partial charge in [0.05, 0.1) is 13.2 Å². The lowest BCUT2D eigenvalue weighted by atomic mass is 10.5. The summed E-state index contributed by atoms with van der Waals surface area (Å²) in [6.45, 7) is 8.25. The van der Waals surface area contributed by atoms with Gasteiger partial charge in [0.2, 0.25) is 0 Å². The first kappa shape index (κ1) is 19.7. The van der Waals surface area contributed by atoms with Crippen LogP contribution in [-0.4, -0.2) is 52.7 Å². The van der Waals surface area contributed by atoms with Crippen molar-refractivity contribution in [2.75, 3.05) is 20.0 Å². The zero-order valence-electron chi connectivity index (χ0n) is 8.66. The summed E-state index contributed by atoms with van der Waals surface area (Å²) in [6, 6.07) is 0. The van der Waals surface area contributed by atoms with Gasteiger partial charge in [0.25, 0.3) is 0 Å². The smallest absolute Gasteiger partial charge is 0.450 e. The minimum atomic E-state index is -1.83. The summed E-state index contributed by atoms with van der Waals surface area (Å²) in [4.78, 5) is 17.1. The molecule has 0 radical (unpaired) electrons. The standard InChI is InChI=1S/C4H8O2.C2H4.2CH2O3/c1-2-5-4-6-3-1;1-2;2*2-1(3)4/h1-4H2;1-2H2;2*(H2,2,3,4). The molecule has 0 aromatic carbocycles. The van der Waals surface area contributed by atoms with Gasteiger partial charge in [-0.25, -0.2) is 9.59 Å². The highest BCUT2D eigenvalue weighted by atomic mass is 16.7. The fourth-order valence-electron chi connectivity index (χ4n) is 0.440. The van der Waals surface area contributed by atoms with Crippen LogP contribution < -0.4 is 0 Å². The third-order valence-electron chi connectivity index (χ3n) is 0.744. The van der Waals surface area contributed by atoms with Crippen LogP contribution in [0.3, 0.4) is 0 Å². The summed E-state index contributed by atoms with van der Waals surface area (Å²) in [5, 5.41) is 27.9. The molecule has 8 heteroatoms. The van der Waals surface area contributed by atoms with Gasteiger partial charge in [-0.05, 0) is 6.42 Å². The second-order valence-corrected chi connectivity index (χ2v) is 1.85. The zero-order chi connectivity index (χ0) is 13.4. The van der Waals surface area contributed by atoms with Crippen LogP contribution in [0.5, 0.6) is 0 Å². The van der Waals surface area contributed by atoms with E-state index >= 15 is 0 Å². The second kappa shape index (κ2) is 18.9. The number of carboxylic acid groups (broad SMARTS) is 4. The van der Waals surface area contributed by atoms with E-state index < -0.39 is 12.3 Å². The Labute approximate surface area is 92.3 Å². The van der Waals surface area contributed by atoms with Gasteiger partial charge < -0.3 is 29.9 Å². The Morgan fingerprint density at radius 1 is 0.875 bits per heavy atom. The lowest BCUT2D eigenvalue weighted by molar-refractivity contribution is -0.0963. The SMILES string of the molecule is C1COCOC1.C=C.O=C(O)O.O=C(O)O. The molecule has 4 N–H and O–H groups in total. The molecule has 8 nitrogen and oxygen atoms in total.